The summed E-state index contributed by atoms with van der Waals surface area (Å²) in [5, 5.41) is 2.92. The van der Waals surface area contributed by atoms with Crippen LogP contribution < -0.4 is 10.1 Å². The minimum absolute atomic E-state index is 0.131. The molecule has 0 unspecified atom stereocenters. The van der Waals surface area contributed by atoms with Crippen molar-refractivity contribution in [2.75, 3.05) is 12.4 Å². The first-order valence-electron chi connectivity index (χ1n) is 8.54. The molecular weight excluding hydrogens is 340 g/mol. The van der Waals surface area contributed by atoms with Crippen molar-refractivity contribution < 1.29 is 9.53 Å². The molecule has 0 radical (unpaired) electrons. The van der Waals surface area contributed by atoms with E-state index in [-0.39, 0.29) is 12.5 Å². The fourth-order valence-corrected chi connectivity index (χ4v) is 2.97. The summed E-state index contributed by atoms with van der Waals surface area (Å²) >= 11 is 0. The monoisotopic (exact) mass is 358 g/mol. The molecule has 2 heterocycles. The van der Waals surface area contributed by atoms with Gasteiger partial charge in [0.2, 0.25) is 5.91 Å². The van der Waals surface area contributed by atoms with E-state index in [4.69, 9.17) is 9.72 Å². The number of hydrogen-bond acceptors (Lipinski definition) is 4. The van der Waals surface area contributed by atoms with Crippen LogP contribution in [0.3, 0.4) is 0 Å². The van der Waals surface area contributed by atoms with Gasteiger partial charge in [-0.25, -0.2) is 4.98 Å². The second kappa shape index (κ2) is 7.29. The van der Waals surface area contributed by atoms with E-state index in [1.54, 1.807) is 19.5 Å². The molecule has 0 spiro atoms. The third kappa shape index (κ3) is 3.50. The van der Waals surface area contributed by atoms with Gasteiger partial charge in [-0.2, -0.15) is 0 Å². The van der Waals surface area contributed by atoms with Crippen LogP contribution in [0.15, 0.2) is 73.1 Å². The number of benzene rings is 2. The summed E-state index contributed by atoms with van der Waals surface area (Å²) in [7, 11) is 1.61. The molecule has 134 valence electrons. The van der Waals surface area contributed by atoms with E-state index in [0.717, 1.165) is 22.3 Å². The normalized spacial score (nSPS) is 10.7. The van der Waals surface area contributed by atoms with Crippen LogP contribution in [-0.2, 0) is 11.3 Å². The van der Waals surface area contributed by atoms with Gasteiger partial charge in [-0.1, -0.05) is 12.1 Å². The summed E-state index contributed by atoms with van der Waals surface area (Å²) < 4.78 is 7.05. The van der Waals surface area contributed by atoms with E-state index in [0.29, 0.717) is 11.5 Å². The molecule has 0 fully saturated rings. The number of anilines is 1. The van der Waals surface area contributed by atoms with Crippen molar-refractivity contribution in [3.63, 3.8) is 0 Å². The van der Waals surface area contributed by atoms with Gasteiger partial charge in [0.1, 0.15) is 18.1 Å². The van der Waals surface area contributed by atoms with Crippen LogP contribution >= 0.6 is 0 Å². The van der Waals surface area contributed by atoms with Gasteiger partial charge in [0, 0.05) is 23.6 Å². The smallest absolute Gasteiger partial charge is 0.244 e. The van der Waals surface area contributed by atoms with Crippen LogP contribution in [0, 0.1) is 0 Å². The molecule has 0 aliphatic rings. The van der Waals surface area contributed by atoms with Crippen LogP contribution in [0.25, 0.3) is 22.4 Å². The number of pyridine rings is 1. The molecule has 0 aliphatic heterocycles. The number of imidazole rings is 1. The number of nitrogens with one attached hydrogen (secondary N) is 1. The maximum absolute atomic E-state index is 12.7. The number of amides is 1. The van der Waals surface area contributed by atoms with Gasteiger partial charge in [0.15, 0.2) is 0 Å². The Kier molecular flexibility index (Phi) is 4.53. The van der Waals surface area contributed by atoms with Crippen molar-refractivity contribution >= 4 is 22.6 Å². The largest absolute Gasteiger partial charge is 0.497 e. The fraction of sp³-hybridized carbons (Fsp3) is 0.0952. The highest BCUT2D eigenvalue weighted by molar-refractivity contribution is 5.92. The first-order valence-corrected chi connectivity index (χ1v) is 8.54. The topological polar surface area (TPSA) is 69.0 Å². The summed E-state index contributed by atoms with van der Waals surface area (Å²) in [6, 6.07) is 18.8. The third-order valence-corrected chi connectivity index (χ3v) is 4.25. The summed E-state index contributed by atoms with van der Waals surface area (Å²) in [6.07, 6.45) is 3.46. The molecule has 0 saturated heterocycles. The van der Waals surface area contributed by atoms with Crippen molar-refractivity contribution in [3.8, 4) is 17.1 Å². The number of methoxy groups -OCH3 is 1. The lowest BCUT2D eigenvalue weighted by molar-refractivity contribution is -0.116. The molecule has 2 aromatic carbocycles. The Labute approximate surface area is 156 Å². The highest BCUT2D eigenvalue weighted by Gasteiger charge is 2.15. The summed E-state index contributed by atoms with van der Waals surface area (Å²) in [4.78, 5) is 21.5. The highest BCUT2D eigenvalue weighted by Crippen LogP contribution is 2.24. The summed E-state index contributed by atoms with van der Waals surface area (Å²) in [5.41, 5.74) is 3.33. The first kappa shape index (κ1) is 16.8. The Hall–Kier alpha value is -3.67. The number of aromatic nitrogens is 3. The van der Waals surface area contributed by atoms with Gasteiger partial charge in [-0.15, -0.1) is 0 Å². The molecule has 0 bridgehead atoms. The number of hydrogen-bond donors (Lipinski definition) is 1. The van der Waals surface area contributed by atoms with Gasteiger partial charge in [0.05, 0.1) is 18.1 Å². The molecule has 0 atom stereocenters. The average molecular weight is 358 g/mol. The van der Waals surface area contributed by atoms with Crippen molar-refractivity contribution in [2.45, 2.75) is 6.54 Å². The standard InChI is InChI=1S/C21H18N4O2/c1-27-17-10-8-16(9-11-17)23-20(26)14-25-19-7-3-2-6-18(19)24-21(25)15-5-4-12-22-13-15/h2-13H,14H2,1H3,(H,23,26). The Morgan fingerprint density at radius 3 is 2.63 bits per heavy atom. The number of carbonyl (C=O) groups excluding carboxylic acids is 1. The molecule has 1 N–H and O–H groups in total. The highest BCUT2D eigenvalue weighted by atomic mass is 16.5. The Bertz CT molecular complexity index is 1070. The molecule has 1 amide bonds. The van der Waals surface area contributed by atoms with Gasteiger partial charge < -0.3 is 14.6 Å². The second-order valence-electron chi connectivity index (χ2n) is 6.03. The Morgan fingerprint density at radius 2 is 1.89 bits per heavy atom. The lowest BCUT2D eigenvalue weighted by atomic mass is 10.2. The maximum Gasteiger partial charge on any atom is 0.244 e. The molecule has 27 heavy (non-hydrogen) atoms. The molecule has 6 heteroatoms. The molecule has 4 aromatic rings. The quantitative estimate of drug-likeness (QED) is 0.590. The zero-order valence-corrected chi connectivity index (χ0v) is 14.8. The summed E-state index contributed by atoms with van der Waals surface area (Å²) in [6.45, 7) is 0.150. The van der Waals surface area contributed by atoms with E-state index in [1.165, 1.54) is 0 Å². The summed E-state index contributed by atoms with van der Waals surface area (Å²) in [5.74, 6) is 1.33. The number of fused-ring (bicyclic) bond motifs is 1. The third-order valence-electron chi connectivity index (χ3n) is 4.25. The Morgan fingerprint density at radius 1 is 1.07 bits per heavy atom. The van der Waals surface area contributed by atoms with Crippen LogP contribution in [0.1, 0.15) is 0 Å². The predicted octanol–water partition coefficient (Wildman–Crippen LogP) is 3.75. The van der Waals surface area contributed by atoms with Crippen molar-refractivity contribution in [1.29, 1.82) is 0 Å². The second-order valence-corrected chi connectivity index (χ2v) is 6.03. The number of rotatable bonds is 5. The van der Waals surface area contributed by atoms with E-state index in [9.17, 15) is 4.79 Å². The maximum atomic E-state index is 12.7. The molecular formula is C21H18N4O2. The number of para-hydroxylation sites is 2. The fourth-order valence-electron chi connectivity index (χ4n) is 2.97. The van der Waals surface area contributed by atoms with Gasteiger partial charge in [0.25, 0.3) is 0 Å². The van der Waals surface area contributed by atoms with Crippen molar-refractivity contribution in [2.24, 2.45) is 0 Å². The molecule has 0 aliphatic carbocycles. The van der Waals surface area contributed by atoms with Crippen LogP contribution in [-0.4, -0.2) is 27.6 Å². The SMILES string of the molecule is COc1ccc(NC(=O)Cn2c(-c3cccnc3)nc3ccccc32)cc1. The van der Waals surface area contributed by atoms with Crippen LogP contribution in [0.2, 0.25) is 0 Å². The minimum Gasteiger partial charge on any atom is -0.497 e. The van der Waals surface area contributed by atoms with Crippen molar-refractivity contribution in [1.82, 2.24) is 14.5 Å². The van der Waals surface area contributed by atoms with Crippen LogP contribution in [0.5, 0.6) is 5.75 Å². The van der Waals surface area contributed by atoms with E-state index in [1.807, 2.05) is 65.2 Å². The first-order chi connectivity index (χ1) is 13.2. The van der Waals surface area contributed by atoms with Crippen molar-refractivity contribution in [3.05, 3.63) is 73.1 Å². The number of ether oxygens (including phenoxy) is 1. The van der Waals surface area contributed by atoms with E-state index in [2.05, 4.69) is 10.3 Å². The zero-order valence-electron chi connectivity index (χ0n) is 14.8. The molecule has 6 nitrogen and oxygen atoms in total. The molecule has 4 rings (SSSR count). The van der Waals surface area contributed by atoms with Gasteiger partial charge in [-0.3, -0.25) is 9.78 Å². The number of nitrogens with zero attached hydrogens (tertiary/aromatic N) is 3. The molecule has 0 saturated carbocycles. The zero-order chi connectivity index (χ0) is 18.6. The number of carbonyl (C=O) groups is 1. The van der Waals surface area contributed by atoms with Crippen LogP contribution in [0.4, 0.5) is 5.69 Å². The minimum atomic E-state index is -0.131. The lowest BCUT2D eigenvalue weighted by Gasteiger charge is -2.10. The van der Waals surface area contributed by atoms with Gasteiger partial charge in [-0.05, 0) is 48.5 Å². The average Bonchev–Trinajstić information content (AvgIpc) is 3.08. The lowest BCUT2D eigenvalue weighted by Crippen LogP contribution is -2.19. The molecule has 2 aromatic heterocycles. The predicted molar refractivity (Wildman–Crippen MR) is 105 cm³/mol. The van der Waals surface area contributed by atoms with E-state index >= 15 is 0 Å². The van der Waals surface area contributed by atoms with Gasteiger partial charge >= 0.3 is 0 Å². The Balaban J connectivity index is 1.65. The van der Waals surface area contributed by atoms with E-state index < -0.39 is 0 Å².